The minimum absolute atomic E-state index is 0.410. The number of hydrogen-bond acceptors (Lipinski definition) is 4. The lowest BCUT2D eigenvalue weighted by atomic mass is 10.0. The van der Waals surface area contributed by atoms with Gasteiger partial charge >= 0.3 is 5.97 Å². The number of para-hydroxylation sites is 1. The van der Waals surface area contributed by atoms with E-state index in [0.29, 0.717) is 23.6 Å². The summed E-state index contributed by atoms with van der Waals surface area (Å²) in [7, 11) is 0. The maximum absolute atomic E-state index is 12.4. The molecular weight excluding hydrogens is 386 g/mol. The summed E-state index contributed by atoms with van der Waals surface area (Å²) in [5, 5.41) is 6.32. The first-order valence-electron chi connectivity index (χ1n) is 10.0. The molecule has 0 aromatic heterocycles. The van der Waals surface area contributed by atoms with E-state index in [4.69, 9.17) is 9.57 Å². The molecule has 0 fully saturated rings. The first-order valence-corrected chi connectivity index (χ1v) is 10.0. The van der Waals surface area contributed by atoms with Crippen molar-refractivity contribution < 1.29 is 14.4 Å². The van der Waals surface area contributed by atoms with E-state index in [2.05, 4.69) is 29.4 Å². The van der Waals surface area contributed by atoms with Crippen LogP contribution in [0.3, 0.4) is 0 Å². The first-order chi connectivity index (χ1) is 15.3. The van der Waals surface area contributed by atoms with Crippen molar-refractivity contribution in [2.75, 3.05) is 0 Å². The predicted octanol–water partition coefficient (Wildman–Crippen LogP) is 5.76. The van der Waals surface area contributed by atoms with Gasteiger partial charge in [0.05, 0.1) is 5.57 Å². The van der Waals surface area contributed by atoms with Crippen molar-refractivity contribution in [3.63, 3.8) is 0 Å². The standard InChI is InChI=1S/C27H19NO3/c29-27-24(26(28-31-27)20-10-2-1-3-11-20)17-21-12-5-7-16-25(21)30-18-22-14-8-13-19-9-4-6-15-23(19)22/h1-17H,18H2/b24-17-. The van der Waals surface area contributed by atoms with Crippen LogP contribution in [-0.4, -0.2) is 11.7 Å². The molecule has 4 aromatic carbocycles. The lowest BCUT2D eigenvalue weighted by Gasteiger charge is -2.12. The molecule has 0 N–H and O–H groups in total. The zero-order valence-electron chi connectivity index (χ0n) is 16.7. The molecular formula is C27H19NO3. The molecule has 0 aliphatic carbocycles. The van der Waals surface area contributed by atoms with Crippen LogP contribution in [0.15, 0.2) is 108 Å². The summed E-state index contributed by atoms with van der Waals surface area (Å²) in [6.45, 7) is 0.422. The second kappa shape index (κ2) is 8.28. The number of ether oxygens (including phenoxy) is 1. The smallest absolute Gasteiger partial charge is 0.368 e. The van der Waals surface area contributed by atoms with Crippen molar-refractivity contribution in [1.82, 2.24) is 0 Å². The first kappa shape index (κ1) is 18.8. The molecule has 1 heterocycles. The SMILES string of the molecule is O=C1ON=C(c2ccccc2)/C1=C/c1ccccc1OCc1cccc2ccccc12. The third-order valence-corrected chi connectivity index (χ3v) is 5.22. The van der Waals surface area contributed by atoms with Gasteiger partial charge in [-0.2, -0.15) is 0 Å². The highest BCUT2D eigenvalue weighted by molar-refractivity contribution is 6.31. The maximum Gasteiger partial charge on any atom is 0.368 e. The third-order valence-electron chi connectivity index (χ3n) is 5.22. The van der Waals surface area contributed by atoms with Crippen LogP contribution in [0.4, 0.5) is 0 Å². The number of carbonyl (C=O) groups is 1. The van der Waals surface area contributed by atoms with Crippen LogP contribution >= 0.6 is 0 Å². The molecule has 0 saturated heterocycles. The Bertz CT molecular complexity index is 1320. The Morgan fingerprint density at radius 2 is 1.55 bits per heavy atom. The van der Waals surface area contributed by atoms with E-state index in [0.717, 1.165) is 16.7 Å². The number of carbonyl (C=O) groups excluding carboxylic acids is 1. The summed E-state index contributed by atoms with van der Waals surface area (Å²) in [5.74, 6) is 0.220. The molecule has 0 spiro atoms. The van der Waals surface area contributed by atoms with Gasteiger partial charge in [0.2, 0.25) is 0 Å². The van der Waals surface area contributed by atoms with Crippen LogP contribution in [0.1, 0.15) is 16.7 Å². The van der Waals surface area contributed by atoms with Crippen molar-refractivity contribution in [1.29, 1.82) is 0 Å². The van der Waals surface area contributed by atoms with Gasteiger partial charge in [0.15, 0.2) is 0 Å². The number of nitrogens with zero attached hydrogens (tertiary/aromatic N) is 1. The van der Waals surface area contributed by atoms with E-state index in [-0.39, 0.29) is 0 Å². The average Bonchev–Trinajstić information content (AvgIpc) is 3.19. The lowest BCUT2D eigenvalue weighted by Crippen LogP contribution is -2.07. The highest BCUT2D eigenvalue weighted by Gasteiger charge is 2.27. The fraction of sp³-hybridized carbons (Fsp3) is 0.0370. The van der Waals surface area contributed by atoms with Crippen molar-refractivity contribution >= 4 is 28.5 Å². The van der Waals surface area contributed by atoms with E-state index in [9.17, 15) is 4.79 Å². The summed E-state index contributed by atoms with van der Waals surface area (Å²) < 4.78 is 6.18. The summed E-state index contributed by atoms with van der Waals surface area (Å²) in [4.78, 5) is 17.3. The summed E-state index contributed by atoms with van der Waals surface area (Å²) in [5.41, 5.74) is 3.66. The van der Waals surface area contributed by atoms with E-state index >= 15 is 0 Å². The van der Waals surface area contributed by atoms with Crippen molar-refractivity contribution in [3.05, 3.63) is 119 Å². The van der Waals surface area contributed by atoms with Crippen LogP contribution in [0, 0.1) is 0 Å². The fourth-order valence-corrected chi connectivity index (χ4v) is 3.67. The molecule has 5 rings (SSSR count). The van der Waals surface area contributed by atoms with Gasteiger partial charge in [0.1, 0.15) is 18.1 Å². The zero-order chi connectivity index (χ0) is 21.0. The highest BCUT2D eigenvalue weighted by Crippen LogP contribution is 2.27. The zero-order valence-corrected chi connectivity index (χ0v) is 16.7. The largest absolute Gasteiger partial charge is 0.488 e. The quantitative estimate of drug-likeness (QED) is 0.313. The number of oxime groups is 1. The van der Waals surface area contributed by atoms with Crippen molar-refractivity contribution in [2.45, 2.75) is 6.61 Å². The lowest BCUT2D eigenvalue weighted by molar-refractivity contribution is -0.136. The molecule has 0 saturated carbocycles. The Morgan fingerprint density at radius 1 is 0.806 bits per heavy atom. The third kappa shape index (κ3) is 3.83. The molecule has 150 valence electrons. The Labute approximate surface area is 180 Å². The number of benzene rings is 4. The van der Waals surface area contributed by atoms with E-state index in [1.165, 1.54) is 10.8 Å². The average molecular weight is 405 g/mol. The van der Waals surface area contributed by atoms with Gasteiger partial charge in [-0.15, -0.1) is 0 Å². The van der Waals surface area contributed by atoms with Crippen LogP contribution < -0.4 is 4.74 Å². The molecule has 0 atom stereocenters. The van der Waals surface area contributed by atoms with Crippen LogP contribution in [0.5, 0.6) is 5.75 Å². The predicted molar refractivity (Wildman–Crippen MR) is 122 cm³/mol. The Morgan fingerprint density at radius 3 is 2.45 bits per heavy atom. The van der Waals surface area contributed by atoms with Gasteiger partial charge < -0.3 is 9.57 Å². The van der Waals surface area contributed by atoms with E-state index < -0.39 is 5.97 Å². The van der Waals surface area contributed by atoms with Crippen molar-refractivity contribution in [3.8, 4) is 5.75 Å². The topological polar surface area (TPSA) is 47.9 Å². The van der Waals surface area contributed by atoms with Gasteiger partial charge in [-0.25, -0.2) is 4.79 Å². The Balaban J connectivity index is 1.45. The van der Waals surface area contributed by atoms with Gasteiger partial charge in [0.25, 0.3) is 0 Å². The van der Waals surface area contributed by atoms with Crippen LogP contribution in [0.2, 0.25) is 0 Å². The molecule has 0 bridgehead atoms. The minimum atomic E-state index is -0.470. The van der Waals surface area contributed by atoms with Gasteiger partial charge in [-0.3, -0.25) is 0 Å². The number of rotatable bonds is 5. The molecule has 0 radical (unpaired) electrons. The summed E-state index contributed by atoms with van der Waals surface area (Å²) >= 11 is 0. The molecule has 1 aliphatic heterocycles. The van der Waals surface area contributed by atoms with E-state index in [1.807, 2.05) is 72.8 Å². The molecule has 0 unspecified atom stereocenters. The Hall–Kier alpha value is -4.18. The highest BCUT2D eigenvalue weighted by atomic mass is 16.7. The molecule has 31 heavy (non-hydrogen) atoms. The summed E-state index contributed by atoms with van der Waals surface area (Å²) in [6, 6.07) is 31.6. The van der Waals surface area contributed by atoms with Gasteiger partial charge in [-0.1, -0.05) is 96.2 Å². The number of fused-ring (bicyclic) bond motifs is 1. The van der Waals surface area contributed by atoms with Crippen LogP contribution in [-0.2, 0) is 16.2 Å². The normalized spacial score (nSPS) is 14.5. The molecule has 4 heteroatoms. The van der Waals surface area contributed by atoms with Crippen molar-refractivity contribution in [2.24, 2.45) is 5.16 Å². The second-order valence-electron chi connectivity index (χ2n) is 7.21. The molecule has 4 aromatic rings. The van der Waals surface area contributed by atoms with Crippen LogP contribution in [0.25, 0.3) is 16.8 Å². The summed E-state index contributed by atoms with van der Waals surface area (Å²) in [6.07, 6.45) is 1.78. The van der Waals surface area contributed by atoms with Gasteiger partial charge in [-0.05, 0) is 28.5 Å². The Kier molecular flexibility index (Phi) is 5.03. The second-order valence-corrected chi connectivity index (χ2v) is 7.21. The fourth-order valence-electron chi connectivity index (χ4n) is 3.67. The molecule has 1 aliphatic rings. The van der Waals surface area contributed by atoms with Gasteiger partial charge in [0, 0.05) is 11.1 Å². The minimum Gasteiger partial charge on any atom is -0.488 e. The molecule has 0 amide bonds. The maximum atomic E-state index is 12.4. The number of hydrogen-bond donors (Lipinski definition) is 0. The van der Waals surface area contributed by atoms with E-state index in [1.54, 1.807) is 6.08 Å². The monoisotopic (exact) mass is 405 g/mol. The molecule has 4 nitrogen and oxygen atoms in total.